The van der Waals surface area contributed by atoms with Crippen molar-refractivity contribution in [3.05, 3.63) is 60.8 Å². The number of aliphatic hydroxyl groups is 5. The largest absolute Gasteiger partial charge is 0.394 e. The van der Waals surface area contributed by atoms with Gasteiger partial charge in [0.1, 0.15) is 24.4 Å². The Kier molecular flexibility index (Phi) is 41.9. The lowest BCUT2D eigenvalue weighted by atomic mass is 9.99. The normalized spacial score (nSPS) is 20.5. The molecule has 7 unspecified atom stereocenters. The number of nitrogens with one attached hydrogen (secondary N) is 1. The maximum Gasteiger partial charge on any atom is 0.220 e. The molecule has 372 valence electrons. The molecule has 0 aliphatic carbocycles. The fraction of sp³-hybridized carbons (Fsp3) is 0.800. The SMILES string of the molecule is CC/C=C\C/C=C\C/C=C\C/C=C\CCCCCCCCCCCCCCC(=O)NC(COC1OC(CO)C(O)C(O)C1O)C(O)/C=C/CCCCCCCCCCCCCCCC. The first-order valence-corrected chi connectivity index (χ1v) is 26.5. The summed E-state index contributed by atoms with van der Waals surface area (Å²) in [6.45, 7) is 3.67. The van der Waals surface area contributed by atoms with Gasteiger partial charge in [0.25, 0.3) is 0 Å². The van der Waals surface area contributed by atoms with E-state index in [1.54, 1.807) is 6.08 Å². The van der Waals surface area contributed by atoms with Crippen LogP contribution < -0.4 is 5.32 Å². The molecule has 0 bridgehead atoms. The Morgan fingerprint density at radius 3 is 1.44 bits per heavy atom. The number of carbonyl (C=O) groups is 1. The number of hydrogen-bond acceptors (Lipinski definition) is 8. The molecule has 1 rings (SSSR count). The van der Waals surface area contributed by atoms with Gasteiger partial charge in [-0.15, -0.1) is 0 Å². The first-order valence-electron chi connectivity index (χ1n) is 26.5. The highest BCUT2D eigenvalue weighted by Crippen LogP contribution is 2.23. The monoisotopic (exact) mass is 902 g/mol. The Labute approximate surface area is 392 Å². The maximum atomic E-state index is 13.0. The van der Waals surface area contributed by atoms with E-state index >= 15 is 0 Å². The number of unbranched alkanes of at least 4 members (excludes halogenated alkanes) is 26. The lowest BCUT2D eigenvalue weighted by molar-refractivity contribution is -0.302. The van der Waals surface area contributed by atoms with Crippen LogP contribution in [0.25, 0.3) is 0 Å². The Morgan fingerprint density at radius 1 is 0.547 bits per heavy atom. The van der Waals surface area contributed by atoms with Crippen LogP contribution in [0.1, 0.15) is 226 Å². The second-order valence-electron chi connectivity index (χ2n) is 18.3. The van der Waals surface area contributed by atoms with Gasteiger partial charge in [0.15, 0.2) is 6.29 Å². The van der Waals surface area contributed by atoms with Gasteiger partial charge in [-0.05, 0) is 57.8 Å². The van der Waals surface area contributed by atoms with Crippen LogP contribution in [0.4, 0.5) is 0 Å². The van der Waals surface area contributed by atoms with E-state index in [0.717, 1.165) is 64.2 Å². The quantitative estimate of drug-likeness (QED) is 0.0262. The van der Waals surface area contributed by atoms with Gasteiger partial charge >= 0.3 is 0 Å². The molecule has 9 heteroatoms. The van der Waals surface area contributed by atoms with Gasteiger partial charge in [-0.3, -0.25) is 4.79 Å². The highest BCUT2D eigenvalue weighted by atomic mass is 16.7. The van der Waals surface area contributed by atoms with Crippen LogP contribution in [0.3, 0.4) is 0 Å². The van der Waals surface area contributed by atoms with Gasteiger partial charge in [-0.1, -0.05) is 222 Å². The van der Waals surface area contributed by atoms with E-state index in [9.17, 15) is 30.3 Å². The third-order valence-corrected chi connectivity index (χ3v) is 12.3. The minimum atomic E-state index is -1.57. The molecule has 0 aromatic heterocycles. The summed E-state index contributed by atoms with van der Waals surface area (Å²) in [5.74, 6) is -0.180. The summed E-state index contributed by atoms with van der Waals surface area (Å²) < 4.78 is 11.2. The van der Waals surface area contributed by atoms with Crippen molar-refractivity contribution in [1.29, 1.82) is 0 Å². The van der Waals surface area contributed by atoms with Gasteiger partial charge in [0.2, 0.25) is 5.91 Å². The van der Waals surface area contributed by atoms with E-state index in [1.165, 1.54) is 141 Å². The minimum Gasteiger partial charge on any atom is -0.394 e. The fourth-order valence-electron chi connectivity index (χ4n) is 8.15. The molecular weight excluding hydrogens is 803 g/mol. The van der Waals surface area contributed by atoms with Crippen molar-refractivity contribution in [2.45, 2.75) is 269 Å². The van der Waals surface area contributed by atoms with Crippen LogP contribution in [-0.4, -0.2) is 87.5 Å². The van der Waals surface area contributed by atoms with E-state index in [0.29, 0.717) is 6.42 Å². The third-order valence-electron chi connectivity index (χ3n) is 12.3. The van der Waals surface area contributed by atoms with E-state index in [2.05, 4.69) is 67.8 Å². The summed E-state index contributed by atoms with van der Waals surface area (Å²) in [6, 6.07) is -0.807. The van der Waals surface area contributed by atoms with Gasteiger partial charge in [-0.25, -0.2) is 0 Å². The molecule has 0 aromatic carbocycles. The van der Waals surface area contributed by atoms with Crippen LogP contribution in [0.2, 0.25) is 0 Å². The standard InChI is InChI=1S/C55H99NO8/c1-3-5-7-9-11-13-15-17-19-21-22-23-24-25-26-27-28-29-31-33-35-37-39-41-43-45-51(59)56-48(47-63-55-54(62)53(61)52(60)50(46-57)64-55)49(58)44-42-40-38-36-34-32-30-20-18-16-14-12-10-8-6-4-2/h5,7,11,13,17,19,22-23,42,44,48-50,52-55,57-58,60-62H,3-4,6,8-10,12,14-16,18,20-21,24-41,43,45-47H2,1-2H3,(H,56,59)/b7-5-,13-11-,19-17-,23-22-,44-42+. The van der Waals surface area contributed by atoms with Crippen LogP contribution in [0.15, 0.2) is 60.8 Å². The average Bonchev–Trinajstić information content (AvgIpc) is 3.29. The average molecular weight is 902 g/mol. The van der Waals surface area contributed by atoms with Gasteiger partial charge in [0.05, 0.1) is 25.4 Å². The first-order chi connectivity index (χ1) is 31.3. The molecule has 9 nitrogen and oxygen atoms in total. The van der Waals surface area contributed by atoms with E-state index < -0.39 is 49.5 Å². The second kappa shape index (κ2) is 44.7. The van der Waals surface area contributed by atoms with Crippen molar-refractivity contribution in [3.8, 4) is 0 Å². The Balaban J connectivity index is 2.25. The molecule has 1 aliphatic rings. The van der Waals surface area contributed by atoms with Crippen molar-refractivity contribution >= 4 is 5.91 Å². The number of allylic oxidation sites excluding steroid dienone is 9. The molecule has 0 saturated carbocycles. The van der Waals surface area contributed by atoms with Crippen molar-refractivity contribution in [3.63, 3.8) is 0 Å². The number of ether oxygens (including phenoxy) is 2. The summed E-state index contributed by atoms with van der Waals surface area (Å²) in [5, 5.41) is 54.4. The molecule has 1 heterocycles. The zero-order valence-electron chi connectivity index (χ0n) is 41.0. The minimum absolute atomic E-state index is 0.180. The van der Waals surface area contributed by atoms with Crippen LogP contribution >= 0.6 is 0 Å². The summed E-state index contributed by atoms with van der Waals surface area (Å²) >= 11 is 0. The van der Waals surface area contributed by atoms with Crippen LogP contribution in [0, 0.1) is 0 Å². The van der Waals surface area contributed by atoms with Gasteiger partial charge < -0.3 is 40.3 Å². The maximum absolute atomic E-state index is 13.0. The second-order valence-corrected chi connectivity index (χ2v) is 18.3. The predicted octanol–water partition coefficient (Wildman–Crippen LogP) is 12.3. The van der Waals surface area contributed by atoms with Crippen LogP contribution in [0.5, 0.6) is 0 Å². The Bertz CT molecular complexity index is 1180. The molecule has 6 N–H and O–H groups in total. The molecule has 64 heavy (non-hydrogen) atoms. The highest BCUT2D eigenvalue weighted by molar-refractivity contribution is 5.76. The number of hydrogen-bond donors (Lipinski definition) is 6. The molecule has 0 radical (unpaired) electrons. The molecule has 1 aliphatic heterocycles. The predicted molar refractivity (Wildman–Crippen MR) is 267 cm³/mol. The molecule has 0 aromatic rings. The molecular formula is C55H99NO8. The number of aliphatic hydroxyl groups excluding tert-OH is 5. The molecule has 7 atom stereocenters. The first kappa shape index (κ1) is 59.9. The van der Waals surface area contributed by atoms with E-state index in [4.69, 9.17) is 9.47 Å². The Morgan fingerprint density at radius 2 is 0.969 bits per heavy atom. The molecule has 1 saturated heterocycles. The lowest BCUT2D eigenvalue weighted by Gasteiger charge is -2.40. The molecule has 0 spiro atoms. The summed E-state index contributed by atoms with van der Waals surface area (Å²) in [7, 11) is 0. The number of rotatable bonds is 44. The van der Waals surface area contributed by atoms with Crippen molar-refractivity contribution < 1.29 is 39.8 Å². The third kappa shape index (κ3) is 34.2. The van der Waals surface area contributed by atoms with Gasteiger partial charge in [-0.2, -0.15) is 0 Å². The van der Waals surface area contributed by atoms with Crippen molar-refractivity contribution in [2.24, 2.45) is 0 Å². The fourth-order valence-corrected chi connectivity index (χ4v) is 8.15. The van der Waals surface area contributed by atoms with Crippen molar-refractivity contribution in [2.75, 3.05) is 13.2 Å². The lowest BCUT2D eigenvalue weighted by Crippen LogP contribution is -2.60. The van der Waals surface area contributed by atoms with Gasteiger partial charge in [0, 0.05) is 6.42 Å². The van der Waals surface area contributed by atoms with Crippen molar-refractivity contribution in [1.82, 2.24) is 5.32 Å². The topological polar surface area (TPSA) is 149 Å². The summed E-state index contributed by atoms with van der Waals surface area (Å²) in [5.41, 5.74) is 0. The smallest absolute Gasteiger partial charge is 0.220 e. The van der Waals surface area contributed by atoms with E-state index in [-0.39, 0.29) is 12.5 Å². The summed E-state index contributed by atoms with van der Waals surface area (Å²) in [6.07, 6.45) is 52.7. The van der Waals surface area contributed by atoms with Crippen LogP contribution in [-0.2, 0) is 14.3 Å². The summed E-state index contributed by atoms with van der Waals surface area (Å²) in [4.78, 5) is 13.0. The van der Waals surface area contributed by atoms with E-state index in [1.807, 2.05) is 6.08 Å². The number of carbonyl (C=O) groups excluding carboxylic acids is 1. The molecule has 1 fully saturated rings. The molecule has 1 amide bonds. The zero-order chi connectivity index (χ0) is 46.6. The number of amides is 1. The zero-order valence-corrected chi connectivity index (χ0v) is 41.0. The highest BCUT2D eigenvalue weighted by Gasteiger charge is 2.44. The Hall–Kier alpha value is -2.11.